The predicted octanol–water partition coefficient (Wildman–Crippen LogP) is 5.73. The monoisotopic (exact) mass is 535 g/mol. The van der Waals surface area contributed by atoms with Crippen molar-refractivity contribution >= 4 is 27.8 Å². The van der Waals surface area contributed by atoms with E-state index in [9.17, 15) is 0 Å². The lowest BCUT2D eigenvalue weighted by atomic mass is 9.97. The first-order valence-electron chi connectivity index (χ1n) is 14.5. The van der Waals surface area contributed by atoms with Crippen molar-refractivity contribution < 1.29 is 0 Å². The molecule has 1 aliphatic heterocycles. The van der Waals surface area contributed by atoms with E-state index < -0.39 is 0 Å². The summed E-state index contributed by atoms with van der Waals surface area (Å²) in [5, 5.41) is 3.48. The molecule has 2 aliphatic rings. The summed E-state index contributed by atoms with van der Waals surface area (Å²) in [6.07, 6.45) is 25.6. The van der Waals surface area contributed by atoms with Gasteiger partial charge < -0.3 is 16.0 Å². The fraction of sp³-hybridized carbons (Fsp3) is 0.333. The third kappa shape index (κ3) is 6.79. The molecule has 3 heterocycles. The average molecular weight is 536 g/mol. The number of nitrogens with one attached hydrogen (secondary N) is 1. The summed E-state index contributed by atoms with van der Waals surface area (Å²) in [4.78, 5) is 9.66. The molecule has 1 aromatic carbocycles. The van der Waals surface area contributed by atoms with Gasteiger partial charge in [0.05, 0.1) is 11.0 Å². The summed E-state index contributed by atoms with van der Waals surface area (Å²) in [6, 6.07) is 8.28. The zero-order chi connectivity index (χ0) is 27.7. The van der Waals surface area contributed by atoms with Gasteiger partial charge in [0, 0.05) is 43.7 Å². The molecule has 0 spiro atoms. The second-order valence-electron chi connectivity index (χ2n) is 10.6. The molecular formula is C33H41N7. The van der Waals surface area contributed by atoms with Crippen molar-refractivity contribution in [2.45, 2.75) is 45.6 Å². The summed E-state index contributed by atoms with van der Waals surface area (Å²) in [7, 11) is 0. The molecular weight excluding hydrogens is 494 g/mol. The number of hydrogen-bond donors (Lipinski definition) is 3. The van der Waals surface area contributed by atoms with Crippen LogP contribution < -0.4 is 16.9 Å². The summed E-state index contributed by atoms with van der Waals surface area (Å²) >= 11 is 0. The van der Waals surface area contributed by atoms with Gasteiger partial charge in [-0.25, -0.2) is 15.0 Å². The van der Waals surface area contributed by atoms with E-state index in [2.05, 4.69) is 51.2 Å². The van der Waals surface area contributed by atoms with Crippen LogP contribution in [0.3, 0.4) is 0 Å². The fourth-order valence-electron chi connectivity index (χ4n) is 5.45. The van der Waals surface area contributed by atoms with Gasteiger partial charge in [-0.2, -0.15) is 0 Å². The molecule has 40 heavy (non-hydrogen) atoms. The number of aryl methyl sites for hydroxylation is 1. The fourth-order valence-corrected chi connectivity index (χ4v) is 5.45. The Bertz CT molecular complexity index is 1490. The van der Waals surface area contributed by atoms with Crippen LogP contribution in [0.2, 0.25) is 0 Å². The molecule has 0 atom stereocenters. The molecule has 0 amide bonds. The van der Waals surface area contributed by atoms with Gasteiger partial charge in [-0.3, -0.25) is 5.43 Å². The number of hydrogen-bond acceptors (Lipinski definition) is 6. The maximum Gasteiger partial charge on any atom is 0.152 e. The number of piperidine rings is 1. The van der Waals surface area contributed by atoms with Crippen molar-refractivity contribution in [3.8, 4) is 0 Å². The second-order valence-corrected chi connectivity index (χ2v) is 10.6. The molecule has 3 aromatic rings. The number of hydrazine groups is 1. The van der Waals surface area contributed by atoms with Crippen LogP contribution in [0.1, 0.15) is 38.4 Å². The molecule has 1 fully saturated rings. The molecule has 5 N–H and O–H groups in total. The number of unbranched alkanes of at least 4 members (excludes halogenated alkanes) is 1. The van der Waals surface area contributed by atoms with Crippen molar-refractivity contribution in [1.82, 2.24) is 25.0 Å². The van der Waals surface area contributed by atoms with Gasteiger partial charge in [-0.15, -0.1) is 0 Å². The summed E-state index contributed by atoms with van der Waals surface area (Å²) < 4.78 is 2.45. The number of aromatic nitrogens is 3. The maximum atomic E-state index is 6.40. The molecule has 1 aliphatic carbocycles. The Labute approximate surface area is 237 Å². The Morgan fingerprint density at radius 2 is 1.70 bits per heavy atom. The average Bonchev–Trinajstić information content (AvgIpc) is 3.32. The Hall–Kier alpha value is -3.94. The smallest absolute Gasteiger partial charge is 0.152 e. The lowest BCUT2D eigenvalue weighted by Crippen LogP contribution is -2.45. The van der Waals surface area contributed by atoms with Gasteiger partial charge in [0.15, 0.2) is 5.82 Å². The Morgan fingerprint density at radius 3 is 2.50 bits per heavy atom. The van der Waals surface area contributed by atoms with E-state index in [1.807, 2.05) is 60.7 Å². The number of fused-ring (bicyclic) bond motifs is 3. The van der Waals surface area contributed by atoms with Crippen LogP contribution in [-0.4, -0.2) is 39.2 Å². The highest BCUT2D eigenvalue weighted by atomic mass is 15.5. The maximum absolute atomic E-state index is 6.40. The van der Waals surface area contributed by atoms with Crippen LogP contribution in [0.25, 0.3) is 21.9 Å². The zero-order valence-electron chi connectivity index (χ0n) is 23.5. The van der Waals surface area contributed by atoms with E-state index in [1.54, 1.807) is 0 Å². The molecule has 7 heteroatoms. The standard InChI is InChI=1S/C33H41N7/c1-2-3-17-30-38-31-32(28-15-11-12-16-29(28)37-33(31)35)40(30)24-25-18-20-39(21-19-25)36-23-26-13-9-7-5-4-6-8-10-14-27(34)22-26/h4-16,22,25,36H,2-3,17-21,23-24,34H2,1H3,(H2,35,37)/b5-4-,6-4?,7-5?,8-6-,9-7-,10-8?,13-9?,14-10-,26-13?,26-22?,27-14?,27-22?. The van der Waals surface area contributed by atoms with Crippen LogP contribution in [0, 0.1) is 5.92 Å². The van der Waals surface area contributed by atoms with Gasteiger partial charge in [0.1, 0.15) is 11.3 Å². The second kappa shape index (κ2) is 13.4. The number of anilines is 1. The summed E-state index contributed by atoms with van der Waals surface area (Å²) in [5.41, 5.74) is 21.1. The summed E-state index contributed by atoms with van der Waals surface area (Å²) in [5.74, 6) is 2.24. The Kier molecular flexibility index (Phi) is 9.26. The predicted molar refractivity (Wildman–Crippen MR) is 167 cm³/mol. The van der Waals surface area contributed by atoms with E-state index in [0.29, 0.717) is 11.7 Å². The van der Waals surface area contributed by atoms with E-state index in [1.165, 1.54) is 0 Å². The number of nitrogen functional groups attached to an aromatic ring is 1. The minimum atomic E-state index is 0.526. The van der Waals surface area contributed by atoms with Crippen LogP contribution in [0.5, 0.6) is 0 Å². The normalized spacial score (nSPS) is 20.4. The van der Waals surface area contributed by atoms with E-state index in [4.69, 9.17) is 16.5 Å². The highest BCUT2D eigenvalue weighted by Gasteiger charge is 2.23. The van der Waals surface area contributed by atoms with Crippen LogP contribution >= 0.6 is 0 Å². The molecule has 0 unspecified atom stereocenters. The highest BCUT2D eigenvalue weighted by Crippen LogP contribution is 2.31. The van der Waals surface area contributed by atoms with Crippen molar-refractivity contribution in [3.05, 3.63) is 102 Å². The third-order valence-electron chi connectivity index (χ3n) is 7.62. The SMILES string of the molecule is CCCCc1nc2c(N)nc3ccccc3c2n1CC1CCN(NCC2=C\C=C/C=C\C=C/C=C\C(N)=C2)CC1. The van der Waals surface area contributed by atoms with E-state index in [-0.39, 0.29) is 0 Å². The molecule has 0 bridgehead atoms. The number of allylic oxidation sites excluding steroid dienone is 9. The largest absolute Gasteiger partial charge is 0.399 e. The molecule has 2 aromatic heterocycles. The number of pyridine rings is 1. The van der Waals surface area contributed by atoms with Crippen molar-refractivity contribution in [3.63, 3.8) is 0 Å². The van der Waals surface area contributed by atoms with E-state index in [0.717, 1.165) is 97.3 Å². The van der Waals surface area contributed by atoms with Gasteiger partial charge in [-0.05, 0) is 49.0 Å². The lowest BCUT2D eigenvalue weighted by Gasteiger charge is -2.33. The van der Waals surface area contributed by atoms with Gasteiger partial charge in [0.2, 0.25) is 0 Å². The first kappa shape index (κ1) is 27.6. The van der Waals surface area contributed by atoms with Crippen LogP contribution in [0.4, 0.5) is 5.82 Å². The van der Waals surface area contributed by atoms with Crippen molar-refractivity contribution in [2.75, 3.05) is 25.4 Å². The van der Waals surface area contributed by atoms with E-state index >= 15 is 0 Å². The number of nitrogens with two attached hydrogens (primary N) is 2. The Morgan fingerprint density at radius 1 is 0.950 bits per heavy atom. The molecule has 5 rings (SSSR count). The Balaban J connectivity index is 1.27. The first-order chi connectivity index (χ1) is 19.6. The topological polar surface area (TPSA) is 98.0 Å². The van der Waals surface area contributed by atoms with Crippen LogP contribution in [0.15, 0.2) is 96.3 Å². The number of para-hydroxylation sites is 1. The minimum absolute atomic E-state index is 0.526. The van der Waals surface area contributed by atoms with Gasteiger partial charge in [-0.1, -0.05) is 80.2 Å². The third-order valence-corrected chi connectivity index (χ3v) is 7.62. The van der Waals surface area contributed by atoms with Gasteiger partial charge >= 0.3 is 0 Å². The molecule has 208 valence electrons. The number of rotatable bonds is 8. The zero-order valence-corrected chi connectivity index (χ0v) is 23.5. The van der Waals surface area contributed by atoms with Crippen LogP contribution in [-0.2, 0) is 13.0 Å². The summed E-state index contributed by atoms with van der Waals surface area (Å²) in [6.45, 7) is 5.92. The van der Waals surface area contributed by atoms with Gasteiger partial charge in [0.25, 0.3) is 0 Å². The molecule has 7 nitrogen and oxygen atoms in total. The molecule has 0 saturated carbocycles. The molecule has 1 saturated heterocycles. The molecule has 0 radical (unpaired) electrons. The quantitative estimate of drug-likeness (QED) is 0.341. The number of nitrogens with zero attached hydrogens (tertiary/aromatic N) is 4. The lowest BCUT2D eigenvalue weighted by molar-refractivity contribution is 0.123. The van der Waals surface area contributed by atoms with Crippen molar-refractivity contribution in [2.24, 2.45) is 11.7 Å². The number of benzene rings is 1. The first-order valence-corrected chi connectivity index (χ1v) is 14.5. The van der Waals surface area contributed by atoms with Crippen molar-refractivity contribution in [1.29, 1.82) is 0 Å². The highest BCUT2D eigenvalue weighted by molar-refractivity contribution is 6.06. The number of imidazole rings is 1. The minimum Gasteiger partial charge on any atom is -0.399 e.